The molecule has 2 rings (SSSR count). The van der Waals surface area contributed by atoms with Gasteiger partial charge in [-0.3, -0.25) is 0 Å². The van der Waals surface area contributed by atoms with Gasteiger partial charge in [0, 0.05) is 0 Å². The van der Waals surface area contributed by atoms with E-state index in [0.717, 1.165) is 17.7 Å². The zero-order valence-corrected chi connectivity index (χ0v) is 9.74. The largest absolute Gasteiger partial charge is 0.488 e. The van der Waals surface area contributed by atoms with Crippen molar-refractivity contribution in [2.24, 2.45) is 5.73 Å². The van der Waals surface area contributed by atoms with Crippen LogP contribution in [0.4, 0.5) is 0 Å². The summed E-state index contributed by atoms with van der Waals surface area (Å²) in [5.74, 6) is 0.994. The van der Waals surface area contributed by atoms with E-state index in [2.05, 4.69) is 0 Å². The van der Waals surface area contributed by atoms with Crippen LogP contribution < -0.4 is 10.5 Å². The minimum Gasteiger partial charge on any atom is -0.488 e. The molecule has 1 heterocycles. The third-order valence-corrected chi connectivity index (χ3v) is 4.27. The summed E-state index contributed by atoms with van der Waals surface area (Å²) in [4.78, 5) is 0. The van der Waals surface area contributed by atoms with Crippen molar-refractivity contribution in [3.8, 4) is 5.75 Å². The van der Waals surface area contributed by atoms with E-state index in [1.165, 1.54) is 0 Å². The van der Waals surface area contributed by atoms with Crippen molar-refractivity contribution in [2.45, 2.75) is 12.5 Å². The van der Waals surface area contributed by atoms with Crippen LogP contribution in [0.1, 0.15) is 5.56 Å². The van der Waals surface area contributed by atoms with E-state index in [1.807, 2.05) is 24.3 Å². The predicted octanol–water partition coefficient (Wildman–Crippen LogP) is 0.364. The second kappa shape index (κ2) is 4.43. The Morgan fingerprint density at radius 1 is 1.38 bits per heavy atom. The Bertz CT molecular complexity index is 458. The van der Waals surface area contributed by atoms with Gasteiger partial charge in [-0.1, -0.05) is 12.1 Å². The summed E-state index contributed by atoms with van der Waals surface area (Å²) in [6, 6.07) is 7.63. The van der Waals surface area contributed by atoms with Crippen LogP contribution in [0.5, 0.6) is 5.75 Å². The predicted molar refractivity (Wildman–Crippen MR) is 62.3 cm³/mol. The summed E-state index contributed by atoms with van der Waals surface area (Å²) < 4.78 is 27.5. The number of hydrogen-bond acceptors (Lipinski definition) is 4. The van der Waals surface area contributed by atoms with Crippen molar-refractivity contribution >= 4 is 9.84 Å². The molecule has 1 aromatic carbocycles. The molecule has 1 aliphatic heterocycles. The first-order valence-corrected chi connectivity index (χ1v) is 7.07. The lowest BCUT2D eigenvalue weighted by atomic mass is 10.1. The summed E-state index contributed by atoms with van der Waals surface area (Å²) >= 11 is 0. The molecule has 4 nitrogen and oxygen atoms in total. The Hall–Kier alpha value is -1.07. The number of nitrogens with two attached hydrogens (primary N) is 1. The molecule has 1 aromatic rings. The van der Waals surface area contributed by atoms with Crippen molar-refractivity contribution in [1.82, 2.24) is 0 Å². The lowest BCUT2D eigenvalue weighted by Crippen LogP contribution is -2.45. The fourth-order valence-electron chi connectivity index (χ4n) is 1.72. The van der Waals surface area contributed by atoms with Crippen LogP contribution in [0.3, 0.4) is 0 Å². The third kappa shape index (κ3) is 2.74. The maximum atomic E-state index is 11.0. The van der Waals surface area contributed by atoms with E-state index in [-0.39, 0.29) is 17.6 Å². The molecule has 0 unspecified atom stereocenters. The Kier molecular flexibility index (Phi) is 3.16. The van der Waals surface area contributed by atoms with Crippen LogP contribution >= 0.6 is 0 Å². The molecule has 1 fully saturated rings. The molecule has 0 spiro atoms. The highest BCUT2D eigenvalue weighted by molar-refractivity contribution is 7.92. The minimum absolute atomic E-state index is 0.133. The summed E-state index contributed by atoms with van der Waals surface area (Å²) in [5, 5.41) is 0. The summed E-state index contributed by atoms with van der Waals surface area (Å²) in [6.07, 6.45) is 0.623. The van der Waals surface area contributed by atoms with Crippen LogP contribution in [0.15, 0.2) is 24.3 Å². The van der Waals surface area contributed by atoms with Crippen molar-refractivity contribution in [2.75, 3.05) is 18.1 Å². The van der Waals surface area contributed by atoms with Gasteiger partial charge in [0.25, 0.3) is 0 Å². The van der Waals surface area contributed by atoms with E-state index >= 15 is 0 Å². The van der Waals surface area contributed by atoms with E-state index in [0.29, 0.717) is 6.54 Å². The molecular weight excluding hydrogens is 226 g/mol. The summed E-state index contributed by atoms with van der Waals surface area (Å²) in [7, 11) is -2.82. The Morgan fingerprint density at radius 2 is 2.12 bits per heavy atom. The Balaban J connectivity index is 1.97. The average Bonchev–Trinajstić information content (AvgIpc) is 2.16. The average molecular weight is 241 g/mol. The van der Waals surface area contributed by atoms with Crippen molar-refractivity contribution in [3.63, 3.8) is 0 Å². The molecule has 0 aliphatic carbocycles. The topological polar surface area (TPSA) is 69.4 Å². The van der Waals surface area contributed by atoms with E-state index in [4.69, 9.17) is 10.5 Å². The van der Waals surface area contributed by atoms with E-state index < -0.39 is 9.84 Å². The lowest BCUT2D eigenvalue weighted by molar-refractivity contribution is 0.230. The molecule has 0 saturated carbocycles. The maximum Gasteiger partial charge on any atom is 0.157 e. The van der Waals surface area contributed by atoms with Gasteiger partial charge in [0.2, 0.25) is 0 Å². The van der Waals surface area contributed by atoms with Crippen molar-refractivity contribution in [3.05, 3.63) is 29.8 Å². The fourth-order valence-corrected chi connectivity index (χ4v) is 2.89. The number of hydrogen-bond donors (Lipinski definition) is 1. The molecule has 0 radical (unpaired) electrons. The fraction of sp³-hybridized carbons (Fsp3) is 0.455. The standard InChI is InChI=1S/C11H15NO3S/c12-5-4-9-2-1-3-10(6-9)15-11-7-16(13,14)8-11/h1-3,6,11H,4-5,7-8,12H2. The van der Waals surface area contributed by atoms with Crippen LogP contribution in [0.25, 0.3) is 0 Å². The SMILES string of the molecule is NCCc1cccc(OC2CS(=O)(=O)C2)c1. The van der Waals surface area contributed by atoms with Crippen molar-refractivity contribution in [1.29, 1.82) is 0 Å². The van der Waals surface area contributed by atoms with Gasteiger partial charge in [-0.25, -0.2) is 8.42 Å². The van der Waals surface area contributed by atoms with Crippen LogP contribution in [-0.2, 0) is 16.3 Å². The first kappa shape index (κ1) is 11.4. The molecule has 1 saturated heterocycles. The van der Waals surface area contributed by atoms with Gasteiger partial charge in [-0.05, 0) is 30.7 Å². The molecule has 0 atom stereocenters. The highest BCUT2D eigenvalue weighted by atomic mass is 32.2. The first-order valence-electron chi connectivity index (χ1n) is 5.25. The molecule has 0 bridgehead atoms. The Labute approximate surface area is 95.3 Å². The molecule has 2 N–H and O–H groups in total. The summed E-state index contributed by atoms with van der Waals surface area (Å²) in [6.45, 7) is 0.598. The number of sulfone groups is 1. The van der Waals surface area contributed by atoms with Gasteiger partial charge in [0.05, 0.1) is 11.5 Å². The van der Waals surface area contributed by atoms with Crippen LogP contribution in [0, 0.1) is 0 Å². The minimum atomic E-state index is -2.82. The second-order valence-corrected chi connectivity index (χ2v) is 6.16. The summed E-state index contributed by atoms with van der Waals surface area (Å²) in [5.41, 5.74) is 6.58. The smallest absolute Gasteiger partial charge is 0.157 e. The van der Waals surface area contributed by atoms with E-state index in [9.17, 15) is 8.42 Å². The number of benzene rings is 1. The molecule has 5 heteroatoms. The van der Waals surface area contributed by atoms with Gasteiger partial charge >= 0.3 is 0 Å². The molecule has 0 aromatic heterocycles. The highest BCUT2D eigenvalue weighted by Gasteiger charge is 2.35. The monoisotopic (exact) mass is 241 g/mol. The van der Waals surface area contributed by atoms with Crippen LogP contribution in [-0.4, -0.2) is 32.6 Å². The van der Waals surface area contributed by atoms with Gasteiger partial charge in [-0.2, -0.15) is 0 Å². The van der Waals surface area contributed by atoms with Gasteiger partial charge in [0.15, 0.2) is 9.84 Å². The number of rotatable bonds is 4. The zero-order valence-electron chi connectivity index (χ0n) is 8.93. The van der Waals surface area contributed by atoms with Gasteiger partial charge in [-0.15, -0.1) is 0 Å². The number of ether oxygens (including phenoxy) is 1. The lowest BCUT2D eigenvalue weighted by Gasteiger charge is -2.26. The highest BCUT2D eigenvalue weighted by Crippen LogP contribution is 2.20. The maximum absolute atomic E-state index is 11.0. The molecule has 0 amide bonds. The molecule has 88 valence electrons. The van der Waals surface area contributed by atoms with Gasteiger partial charge < -0.3 is 10.5 Å². The molecule has 1 aliphatic rings. The molecular formula is C11H15NO3S. The van der Waals surface area contributed by atoms with Crippen molar-refractivity contribution < 1.29 is 13.2 Å². The second-order valence-electron chi connectivity index (χ2n) is 4.00. The normalized spacial score (nSPS) is 19.1. The van der Waals surface area contributed by atoms with Gasteiger partial charge in [0.1, 0.15) is 11.9 Å². The van der Waals surface area contributed by atoms with Crippen LogP contribution in [0.2, 0.25) is 0 Å². The van der Waals surface area contributed by atoms with E-state index in [1.54, 1.807) is 0 Å². The Morgan fingerprint density at radius 3 is 2.75 bits per heavy atom. The zero-order chi connectivity index (χ0) is 11.6. The quantitative estimate of drug-likeness (QED) is 0.826. The molecule has 16 heavy (non-hydrogen) atoms. The third-order valence-electron chi connectivity index (χ3n) is 2.51. The first-order chi connectivity index (χ1) is 7.59.